The Morgan fingerprint density at radius 3 is 2.20 bits per heavy atom. The Morgan fingerprint density at radius 2 is 1.61 bits per heavy atom. The number of hydrogen-bond acceptors (Lipinski definition) is 7. The van der Waals surface area contributed by atoms with Crippen molar-refractivity contribution in [2.45, 2.75) is 110 Å². The summed E-state index contributed by atoms with van der Waals surface area (Å²) in [5.74, 6) is 0.378. The van der Waals surface area contributed by atoms with E-state index < -0.39 is 31.6 Å². The Labute approximate surface area is 265 Å². The highest BCUT2D eigenvalue weighted by molar-refractivity contribution is 7.15. The molecule has 0 bridgehead atoms. The van der Waals surface area contributed by atoms with E-state index in [2.05, 4.69) is 51.7 Å². The molecule has 0 saturated carbocycles. The fourth-order valence-corrected chi connectivity index (χ4v) is 14.2. The predicted molar refractivity (Wildman–Crippen MR) is 177 cm³/mol. The molecule has 0 spiro atoms. The number of fused-ring (bicyclic) bond motifs is 3. The Hall–Kier alpha value is -2.47. The van der Waals surface area contributed by atoms with Gasteiger partial charge in [0, 0.05) is 35.2 Å². The molecule has 1 aromatic carbocycles. The minimum Gasteiger partial charge on any atom is -0.413 e. The monoisotopic (exact) mass is 643 g/mol. The van der Waals surface area contributed by atoms with Gasteiger partial charge in [0.2, 0.25) is 0 Å². The van der Waals surface area contributed by atoms with Crippen LogP contribution in [0.3, 0.4) is 0 Å². The van der Waals surface area contributed by atoms with Crippen molar-refractivity contribution in [2.75, 3.05) is 24.6 Å². The predicted octanol–water partition coefficient (Wildman–Crippen LogP) is 7.97. The molecule has 240 valence electrons. The molecular formula is C33H47F2N5O2SSi. The fraction of sp³-hybridized carbons (Fsp3) is 0.606. The normalized spacial score (nSPS) is 18.6. The number of anilines is 1. The van der Waals surface area contributed by atoms with Crippen molar-refractivity contribution < 1.29 is 18.3 Å². The first kappa shape index (κ1) is 32.9. The average molecular weight is 644 g/mol. The zero-order chi connectivity index (χ0) is 32.3. The van der Waals surface area contributed by atoms with Crippen LogP contribution in [0.25, 0.3) is 5.00 Å². The second-order valence-electron chi connectivity index (χ2n) is 13.7. The summed E-state index contributed by atoms with van der Waals surface area (Å²) >= 11 is 1.58. The summed E-state index contributed by atoms with van der Waals surface area (Å²) in [5.41, 5.74) is 2.81. The van der Waals surface area contributed by atoms with E-state index >= 15 is 8.78 Å². The summed E-state index contributed by atoms with van der Waals surface area (Å²) in [6.45, 7) is 22.3. The van der Waals surface area contributed by atoms with Gasteiger partial charge in [-0.25, -0.2) is 8.78 Å². The maximum Gasteiger partial charge on any atom is 0.200 e. The standard InChI is InChI=1S/C33H47F2N5O2SSi/c1-18(2)44(19(3)4,20(5)6)42-17-33(41)11-13-39(14-12-33)28-16-26(34)25(15-27(28)35)30-29-21(7)23(9)43-32(29)40-24(10)37-38-31(40)22(8)36-30/h15-16,18-20,22,41H,11-14,17H2,1-10H3/t22-/m0/s1. The van der Waals surface area contributed by atoms with Crippen molar-refractivity contribution in [3.63, 3.8) is 0 Å². The van der Waals surface area contributed by atoms with Gasteiger partial charge in [-0.15, -0.1) is 21.5 Å². The van der Waals surface area contributed by atoms with Crippen LogP contribution >= 0.6 is 11.3 Å². The lowest BCUT2D eigenvalue weighted by Crippen LogP contribution is -2.54. The lowest BCUT2D eigenvalue weighted by atomic mass is 9.92. The fourth-order valence-electron chi connectivity index (χ4n) is 7.49. The largest absolute Gasteiger partial charge is 0.413 e. The summed E-state index contributed by atoms with van der Waals surface area (Å²) in [5, 5.41) is 21.0. The number of aryl methyl sites for hydroxylation is 2. The van der Waals surface area contributed by atoms with E-state index in [0.717, 1.165) is 26.8 Å². The molecule has 0 aliphatic carbocycles. The zero-order valence-corrected chi connectivity index (χ0v) is 29.6. The first-order chi connectivity index (χ1) is 20.6. The van der Waals surface area contributed by atoms with Gasteiger partial charge in [0.1, 0.15) is 28.5 Å². The zero-order valence-electron chi connectivity index (χ0n) is 27.8. The van der Waals surface area contributed by atoms with Crippen LogP contribution in [0.15, 0.2) is 17.1 Å². The quantitative estimate of drug-likeness (QED) is 0.252. The molecule has 1 atom stereocenters. The summed E-state index contributed by atoms with van der Waals surface area (Å²) < 4.78 is 40.7. The molecule has 3 aromatic rings. The molecule has 1 saturated heterocycles. The minimum absolute atomic E-state index is 0.135. The maximum atomic E-state index is 16.1. The molecule has 2 aliphatic heterocycles. The molecule has 0 radical (unpaired) electrons. The average Bonchev–Trinajstić information content (AvgIpc) is 3.43. The Bertz CT molecular complexity index is 1550. The number of aromatic nitrogens is 3. The first-order valence-corrected chi connectivity index (χ1v) is 18.8. The van der Waals surface area contributed by atoms with E-state index in [4.69, 9.17) is 9.42 Å². The molecule has 0 amide bonds. The Balaban J connectivity index is 1.40. The highest BCUT2D eigenvalue weighted by Gasteiger charge is 2.47. The van der Waals surface area contributed by atoms with Crippen LogP contribution in [0.1, 0.15) is 101 Å². The van der Waals surface area contributed by atoms with Gasteiger partial charge in [0.15, 0.2) is 14.1 Å². The van der Waals surface area contributed by atoms with Crippen molar-refractivity contribution in [1.29, 1.82) is 0 Å². The smallest absolute Gasteiger partial charge is 0.200 e. The van der Waals surface area contributed by atoms with Gasteiger partial charge in [-0.05, 0) is 68.8 Å². The molecule has 1 N–H and O–H groups in total. The van der Waals surface area contributed by atoms with Crippen molar-refractivity contribution in [1.82, 2.24) is 14.8 Å². The molecule has 2 aliphatic rings. The number of aliphatic imine (C=N–C) groups is 1. The number of piperidine rings is 1. The molecule has 7 nitrogen and oxygen atoms in total. The summed E-state index contributed by atoms with van der Waals surface area (Å²) in [6, 6.07) is 2.18. The summed E-state index contributed by atoms with van der Waals surface area (Å²) in [6.07, 6.45) is 0.850. The lowest BCUT2D eigenvalue weighted by Gasteiger charge is -2.46. The topological polar surface area (TPSA) is 75.8 Å². The molecule has 0 unspecified atom stereocenters. The second kappa shape index (κ2) is 12.0. The van der Waals surface area contributed by atoms with E-state index in [-0.39, 0.29) is 17.9 Å². The van der Waals surface area contributed by atoms with Crippen molar-refractivity contribution in [3.8, 4) is 5.00 Å². The van der Waals surface area contributed by atoms with Crippen LogP contribution in [-0.4, -0.2) is 59.2 Å². The third kappa shape index (κ3) is 5.47. The van der Waals surface area contributed by atoms with Crippen molar-refractivity contribution >= 4 is 31.1 Å². The number of thiophene rings is 1. The van der Waals surface area contributed by atoms with E-state index in [1.807, 2.05) is 37.2 Å². The summed E-state index contributed by atoms with van der Waals surface area (Å²) in [4.78, 5) is 7.81. The number of halogens is 2. The van der Waals surface area contributed by atoms with Gasteiger partial charge in [0.25, 0.3) is 0 Å². The molecule has 11 heteroatoms. The van der Waals surface area contributed by atoms with Gasteiger partial charge in [-0.2, -0.15) is 0 Å². The molecule has 4 heterocycles. The highest BCUT2D eigenvalue weighted by Crippen LogP contribution is 2.44. The summed E-state index contributed by atoms with van der Waals surface area (Å²) in [7, 11) is -2.14. The van der Waals surface area contributed by atoms with Gasteiger partial charge in [-0.3, -0.25) is 9.56 Å². The van der Waals surface area contributed by atoms with E-state index in [1.54, 1.807) is 11.3 Å². The third-order valence-corrected chi connectivity index (χ3v) is 17.2. The van der Waals surface area contributed by atoms with Crippen molar-refractivity contribution in [3.05, 3.63) is 57.0 Å². The Morgan fingerprint density at radius 1 is 1.00 bits per heavy atom. The lowest BCUT2D eigenvalue weighted by molar-refractivity contribution is -0.0293. The van der Waals surface area contributed by atoms with Crippen LogP contribution in [0, 0.1) is 32.4 Å². The number of aliphatic hydroxyl groups is 1. The SMILES string of the molecule is Cc1sc2c(c1C)C(c1cc(F)c(N3CCC(O)(CO[Si](C(C)C)(C(C)C)C(C)C)CC3)cc1F)=N[C@@H](C)c1nnc(C)n1-2. The third-order valence-electron chi connectivity index (χ3n) is 9.98. The molecular weight excluding hydrogens is 597 g/mol. The van der Waals surface area contributed by atoms with Crippen LogP contribution in [0.2, 0.25) is 16.6 Å². The van der Waals surface area contributed by atoms with Gasteiger partial charge in [0.05, 0.1) is 23.6 Å². The first-order valence-electron chi connectivity index (χ1n) is 15.8. The second-order valence-corrected chi connectivity index (χ2v) is 20.3. The molecule has 44 heavy (non-hydrogen) atoms. The van der Waals surface area contributed by atoms with Gasteiger partial charge < -0.3 is 14.4 Å². The highest BCUT2D eigenvalue weighted by atomic mass is 32.1. The number of nitrogens with zero attached hydrogens (tertiary/aromatic N) is 5. The van der Waals surface area contributed by atoms with Crippen molar-refractivity contribution in [2.24, 2.45) is 4.99 Å². The van der Waals surface area contributed by atoms with Crippen LogP contribution < -0.4 is 4.90 Å². The minimum atomic E-state index is -2.14. The van der Waals surface area contributed by atoms with Crippen LogP contribution in [-0.2, 0) is 4.43 Å². The van der Waals surface area contributed by atoms with Crippen LogP contribution in [0.5, 0.6) is 0 Å². The number of hydrogen-bond donors (Lipinski definition) is 1. The number of rotatable bonds is 8. The number of benzene rings is 1. The van der Waals surface area contributed by atoms with E-state index in [1.165, 1.54) is 12.1 Å². The van der Waals surface area contributed by atoms with E-state index in [0.29, 0.717) is 54.1 Å². The maximum absolute atomic E-state index is 16.1. The van der Waals surface area contributed by atoms with Gasteiger partial charge >= 0.3 is 0 Å². The molecule has 5 rings (SSSR count). The van der Waals surface area contributed by atoms with Gasteiger partial charge in [-0.1, -0.05) is 41.5 Å². The Kier molecular flexibility index (Phi) is 9.00. The molecule has 1 fully saturated rings. The van der Waals surface area contributed by atoms with E-state index in [9.17, 15) is 5.11 Å². The molecule has 2 aromatic heterocycles. The van der Waals surface area contributed by atoms with Crippen LogP contribution in [0.4, 0.5) is 14.5 Å².